The number of fused-ring (bicyclic) bond motifs is 3. The summed E-state index contributed by atoms with van der Waals surface area (Å²) in [5.41, 5.74) is 0.210. The highest BCUT2D eigenvalue weighted by atomic mass is 19.2. The first-order chi connectivity index (χ1) is 13.4. The molecule has 1 aliphatic rings. The lowest BCUT2D eigenvalue weighted by Crippen LogP contribution is -2.37. The van der Waals surface area contributed by atoms with E-state index in [1.807, 2.05) is 0 Å². The van der Waals surface area contributed by atoms with Gasteiger partial charge in [-0.15, -0.1) is 0 Å². The topological polar surface area (TPSA) is 61.6 Å². The Labute approximate surface area is 157 Å². The molecule has 1 aliphatic heterocycles. The smallest absolute Gasteiger partial charge is 0.257 e. The van der Waals surface area contributed by atoms with E-state index < -0.39 is 34.5 Å². The van der Waals surface area contributed by atoms with Crippen LogP contribution in [0.15, 0.2) is 42.5 Å². The number of rotatable bonds is 3. The van der Waals surface area contributed by atoms with Crippen molar-refractivity contribution in [3.8, 4) is 11.5 Å². The van der Waals surface area contributed by atoms with Gasteiger partial charge in [-0.25, -0.2) is 13.2 Å². The molecule has 2 unspecified atom stereocenters. The lowest BCUT2D eigenvalue weighted by Gasteiger charge is -2.30. The highest BCUT2D eigenvalue weighted by molar-refractivity contribution is 5.89. The van der Waals surface area contributed by atoms with Gasteiger partial charge in [0.25, 0.3) is 6.04 Å². The van der Waals surface area contributed by atoms with E-state index in [9.17, 15) is 23.3 Å². The summed E-state index contributed by atoms with van der Waals surface area (Å²) in [4.78, 5) is 11.1. The lowest BCUT2D eigenvalue weighted by atomic mass is 9.89. The van der Waals surface area contributed by atoms with Gasteiger partial charge in [0.1, 0.15) is 17.3 Å². The maximum atomic E-state index is 14.2. The highest BCUT2D eigenvalue weighted by Crippen LogP contribution is 2.41. The van der Waals surface area contributed by atoms with Crippen molar-refractivity contribution in [1.82, 2.24) is 0 Å². The molecular weight excluding hydrogens is 375 g/mol. The number of ether oxygens (including phenoxy) is 2. The van der Waals surface area contributed by atoms with Crippen LogP contribution in [0.3, 0.4) is 0 Å². The minimum atomic E-state index is -1.38. The number of hydrogen-bond donors (Lipinski definition) is 0. The maximum absolute atomic E-state index is 14.2. The van der Waals surface area contributed by atoms with Crippen molar-refractivity contribution in [2.75, 3.05) is 7.11 Å². The van der Waals surface area contributed by atoms with Crippen LogP contribution >= 0.6 is 0 Å². The number of benzene rings is 3. The molecule has 28 heavy (non-hydrogen) atoms. The molecule has 2 atom stereocenters. The molecule has 0 bridgehead atoms. The van der Waals surface area contributed by atoms with E-state index in [1.54, 1.807) is 30.3 Å². The summed E-state index contributed by atoms with van der Waals surface area (Å²) >= 11 is 0. The van der Waals surface area contributed by atoms with Crippen LogP contribution in [0.1, 0.15) is 17.2 Å². The second-order valence-electron chi connectivity index (χ2n) is 6.51. The van der Waals surface area contributed by atoms with Gasteiger partial charge in [-0.3, -0.25) is 10.1 Å². The molecule has 0 saturated carbocycles. The first kappa shape index (κ1) is 18.1. The Morgan fingerprint density at radius 3 is 2.54 bits per heavy atom. The predicted molar refractivity (Wildman–Crippen MR) is 94.7 cm³/mol. The van der Waals surface area contributed by atoms with Crippen molar-refractivity contribution in [3.63, 3.8) is 0 Å². The van der Waals surface area contributed by atoms with Crippen LogP contribution in [0.25, 0.3) is 10.8 Å². The fourth-order valence-electron chi connectivity index (χ4n) is 3.54. The minimum Gasteiger partial charge on any atom is -0.497 e. The zero-order chi connectivity index (χ0) is 20.0. The van der Waals surface area contributed by atoms with Crippen LogP contribution in [0.5, 0.6) is 11.5 Å². The molecule has 144 valence electrons. The van der Waals surface area contributed by atoms with E-state index in [4.69, 9.17) is 9.47 Å². The maximum Gasteiger partial charge on any atom is 0.257 e. The molecular formula is C20H14F3NO4. The van der Waals surface area contributed by atoms with Gasteiger partial charge in [-0.2, -0.15) is 0 Å². The number of methoxy groups -OCH3 is 1. The standard InChI is InChI=1S/C20H14F3NO4/c1-27-11-3-4-12-10(6-11)2-5-19-13(12)8-18(24(25)26)20(28-19)14-7-16(22)17(23)9-15(14)21/h2-7,9,18,20H,8H2,1H3. The third-order valence-electron chi connectivity index (χ3n) is 4.93. The molecule has 4 rings (SSSR count). The number of hydrogen-bond acceptors (Lipinski definition) is 4. The van der Waals surface area contributed by atoms with Crippen molar-refractivity contribution < 1.29 is 27.6 Å². The highest BCUT2D eigenvalue weighted by Gasteiger charge is 2.42. The van der Waals surface area contributed by atoms with Gasteiger partial charge in [0.15, 0.2) is 17.7 Å². The minimum absolute atomic E-state index is 0.0465. The van der Waals surface area contributed by atoms with Gasteiger partial charge in [0.05, 0.1) is 7.11 Å². The van der Waals surface area contributed by atoms with E-state index >= 15 is 0 Å². The second-order valence-corrected chi connectivity index (χ2v) is 6.51. The molecule has 8 heteroatoms. The first-order valence-corrected chi connectivity index (χ1v) is 8.43. The molecule has 3 aromatic rings. The SMILES string of the molecule is COc1ccc2c3c(ccc2c1)OC(c1cc(F)c(F)cc1F)C([N+](=O)[O-])C3. The predicted octanol–water partition coefficient (Wildman–Crippen LogP) is 4.59. The average Bonchev–Trinajstić information content (AvgIpc) is 2.69. The summed E-state index contributed by atoms with van der Waals surface area (Å²) in [7, 11) is 1.53. The van der Waals surface area contributed by atoms with E-state index in [0.717, 1.165) is 10.8 Å². The molecule has 3 aromatic carbocycles. The van der Waals surface area contributed by atoms with Crippen LogP contribution in [-0.2, 0) is 6.42 Å². The van der Waals surface area contributed by atoms with Crippen LogP contribution < -0.4 is 9.47 Å². The second kappa shape index (κ2) is 6.70. The molecule has 0 aromatic heterocycles. The van der Waals surface area contributed by atoms with Gasteiger partial charge >= 0.3 is 0 Å². The first-order valence-electron chi connectivity index (χ1n) is 8.43. The van der Waals surface area contributed by atoms with Gasteiger partial charge in [0, 0.05) is 28.5 Å². The van der Waals surface area contributed by atoms with Crippen LogP contribution in [0, 0.1) is 27.6 Å². The largest absolute Gasteiger partial charge is 0.497 e. The van der Waals surface area contributed by atoms with Gasteiger partial charge in [-0.05, 0) is 35.0 Å². The van der Waals surface area contributed by atoms with Crippen LogP contribution in [-0.4, -0.2) is 18.1 Å². The molecule has 0 amide bonds. The summed E-state index contributed by atoms with van der Waals surface area (Å²) in [6, 6.07) is 8.28. The van der Waals surface area contributed by atoms with Gasteiger partial charge in [0.2, 0.25) is 0 Å². The van der Waals surface area contributed by atoms with E-state index in [-0.39, 0.29) is 12.0 Å². The molecule has 0 fully saturated rings. The van der Waals surface area contributed by atoms with Crippen molar-refractivity contribution in [3.05, 3.63) is 81.2 Å². The Balaban J connectivity index is 1.84. The zero-order valence-electron chi connectivity index (χ0n) is 14.6. The monoisotopic (exact) mass is 389 g/mol. The fraction of sp³-hybridized carbons (Fsp3) is 0.200. The Kier molecular flexibility index (Phi) is 4.33. The van der Waals surface area contributed by atoms with Crippen LogP contribution in [0.4, 0.5) is 13.2 Å². The quantitative estimate of drug-likeness (QED) is 0.374. The van der Waals surface area contributed by atoms with Crippen molar-refractivity contribution in [2.45, 2.75) is 18.6 Å². The van der Waals surface area contributed by atoms with Crippen molar-refractivity contribution in [2.24, 2.45) is 0 Å². The molecule has 0 spiro atoms. The normalized spacial score (nSPS) is 18.4. The molecule has 0 aliphatic carbocycles. The molecule has 0 N–H and O–H groups in total. The number of nitrogens with zero attached hydrogens (tertiary/aromatic N) is 1. The summed E-state index contributed by atoms with van der Waals surface area (Å²) in [5.74, 6) is -2.78. The van der Waals surface area contributed by atoms with Crippen molar-refractivity contribution in [1.29, 1.82) is 0 Å². The zero-order valence-corrected chi connectivity index (χ0v) is 14.6. The summed E-state index contributed by atoms with van der Waals surface area (Å²) in [5, 5.41) is 13.2. The molecule has 0 saturated heterocycles. The van der Waals surface area contributed by atoms with E-state index in [2.05, 4.69) is 0 Å². The van der Waals surface area contributed by atoms with Gasteiger partial charge < -0.3 is 9.47 Å². The Morgan fingerprint density at radius 2 is 1.82 bits per heavy atom. The number of nitro groups is 1. The van der Waals surface area contributed by atoms with Gasteiger partial charge in [-0.1, -0.05) is 12.1 Å². The summed E-state index contributed by atoms with van der Waals surface area (Å²) < 4.78 is 52.1. The third-order valence-corrected chi connectivity index (χ3v) is 4.93. The lowest BCUT2D eigenvalue weighted by molar-refractivity contribution is -0.535. The Morgan fingerprint density at radius 1 is 1.07 bits per heavy atom. The van der Waals surface area contributed by atoms with Crippen LogP contribution in [0.2, 0.25) is 0 Å². The molecule has 5 nitrogen and oxygen atoms in total. The molecule has 0 radical (unpaired) electrons. The average molecular weight is 389 g/mol. The molecule has 1 heterocycles. The Hall–Kier alpha value is -3.29. The summed E-state index contributed by atoms with van der Waals surface area (Å²) in [6.07, 6.45) is -1.43. The van der Waals surface area contributed by atoms with E-state index in [1.165, 1.54) is 7.11 Å². The van der Waals surface area contributed by atoms with Crippen molar-refractivity contribution >= 4 is 10.8 Å². The van der Waals surface area contributed by atoms with E-state index in [0.29, 0.717) is 29.2 Å². The summed E-state index contributed by atoms with van der Waals surface area (Å²) in [6.45, 7) is 0. The fourth-order valence-corrected chi connectivity index (χ4v) is 3.54. The third kappa shape index (κ3) is 2.90. The number of halogens is 3. The Bertz CT molecular complexity index is 1100.